The van der Waals surface area contributed by atoms with Crippen LogP contribution < -0.4 is 16.4 Å². The molecule has 0 spiro atoms. The molecular formula is C8H19N3O. The van der Waals surface area contributed by atoms with Gasteiger partial charge in [0, 0.05) is 25.0 Å². The summed E-state index contributed by atoms with van der Waals surface area (Å²) in [4.78, 5) is 11.2. The van der Waals surface area contributed by atoms with E-state index in [4.69, 9.17) is 5.73 Å². The number of hydrogen-bond acceptors (Lipinski definition) is 3. The average molecular weight is 173 g/mol. The van der Waals surface area contributed by atoms with Gasteiger partial charge in [0.15, 0.2) is 0 Å². The van der Waals surface area contributed by atoms with Gasteiger partial charge in [0.1, 0.15) is 0 Å². The second-order valence-corrected chi connectivity index (χ2v) is 3.15. The first-order chi connectivity index (χ1) is 5.60. The van der Waals surface area contributed by atoms with E-state index in [0.29, 0.717) is 13.0 Å². The van der Waals surface area contributed by atoms with E-state index >= 15 is 0 Å². The Labute approximate surface area is 73.9 Å². The van der Waals surface area contributed by atoms with E-state index in [9.17, 15) is 4.79 Å². The fraction of sp³-hybridized carbons (Fsp3) is 0.875. The molecule has 0 aromatic rings. The van der Waals surface area contributed by atoms with E-state index in [-0.39, 0.29) is 18.0 Å². The molecule has 1 atom stereocenters. The van der Waals surface area contributed by atoms with Gasteiger partial charge in [0.05, 0.1) is 0 Å². The normalized spacial score (nSPS) is 13.1. The zero-order valence-electron chi connectivity index (χ0n) is 8.05. The fourth-order valence-corrected chi connectivity index (χ4v) is 0.908. The van der Waals surface area contributed by atoms with Crippen molar-refractivity contribution in [2.45, 2.75) is 32.4 Å². The van der Waals surface area contributed by atoms with Crippen LogP contribution in [0.2, 0.25) is 0 Å². The predicted molar refractivity (Wildman–Crippen MR) is 49.8 cm³/mol. The standard InChI is InChI=1S/C8H19N3O/c1-6(2)11-8(12)4-7(5-9)10-3/h6-7,10H,4-5,9H2,1-3H3,(H,11,12). The molecule has 72 valence electrons. The maximum absolute atomic E-state index is 11.2. The summed E-state index contributed by atoms with van der Waals surface area (Å²) in [6.07, 6.45) is 0.450. The quantitative estimate of drug-likeness (QED) is 0.522. The van der Waals surface area contributed by atoms with E-state index in [0.717, 1.165) is 0 Å². The van der Waals surface area contributed by atoms with Crippen molar-refractivity contribution >= 4 is 5.91 Å². The van der Waals surface area contributed by atoms with Crippen molar-refractivity contribution in [3.63, 3.8) is 0 Å². The molecular weight excluding hydrogens is 154 g/mol. The Morgan fingerprint density at radius 1 is 1.50 bits per heavy atom. The highest BCUT2D eigenvalue weighted by Crippen LogP contribution is 1.89. The summed E-state index contributed by atoms with van der Waals surface area (Å²) in [5.41, 5.74) is 5.42. The number of hydrogen-bond donors (Lipinski definition) is 3. The first-order valence-electron chi connectivity index (χ1n) is 4.26. The first-order valence-corrected chi connectivity index (χ1v) is 4.26. The molecule has 0 bridgehead atoms. The molecule has 0 aromatic heterocycles. The van der Waals surface area contributed by atoms with Crippen LogP contribution in [-0.4, -0.2) is 31.6 Å². The van der Waals surface area contributed by atoms with Gasteiger partial charge in [-0.1, -0.05) is 0 Å². The van der Waals surface area contributed by atoms with Gasteiger partial charge in [-0.05, 0) is 20.9 Å². The van der Waals surface area contributed by atoms with Crippen molar-refractivity contribution in [1.29, 1.82) is 0 Å². The number of likely N-dealkylation sites (N-methyl/N-ethyl adjacent to an activating group) is 1. The molecule has 0 aliphatic carbocycles. The minimum atomic E-state index is 0.0507. The molecule has 0 aliphatic rings. The van der Waals surface area contributed by atoms with Crippen LogP contribution in [0.15, 0.2) is 0 Å². The minimum absolute atomic E-state index is 0.0507. The number of carbonyl (C=O) groups excluding carboxylic acids is 1. The van der Waals surface area contributed by atoms with Gasteiger partial charge in [0.2, 0.25) is 5.91 Å². The van der Waals surface area contributed by atoms with Crippen LogP contribution >= 0.6 is 0 Å². The SMILES string of the molecule is CNC(CN)CC(=O)NC(C)C. The topological polar surface area (TPSA) is 67.1 Å². The van der Waals surface area contributed by atoms with E-state index in [1.807, 2.05) is 13.8 Å². The third-order valence-electron chi connectivity index (χ3n) is 1.57. The Bertz CT molecular complexity index is 132. The largest absolute Gasteiger partial charge is 0.354 e. The summed E-state index contributed by atoms with van der Waals surface area (Å²) < 4.78 is 0. The second-order valence-electron chi connectivity index (χ2n) is 3.15. The Morgan fingerprint density at radius 2 is 2.08 bits per heavy atom. The lowest BCUT2D eigenvalue weighted by molar-refractivity contribution is -0.122. The van der Waals surface area contributed by atoms with Crippen molar-refractivity contribution in [3.05, 3.63) is 0 Å². The molecule has 0 saturated carbocycles. The van der Waals surface area contributed by atoms with Gasteiger partial charge in [-0.25, -0.2) is 0 Å². The molecule has 0 rings (SSSR count). The summed E-state index contributed by atoms with van der Waals surface area (Å²) in [6, 6.07) is 0.288. The van der Waals surface area contributed by atoms with Gasteiger partial charge in [-0.2, -0.15) is 0 Å². The van der Waals surface area contributed by atoms with Crippen LogP contribution in [0.5, 0.6) is 0 Å². The van der Waals surface area contributed by atoms with Gasteiger partial charge < -0.3 is 16.4 Å². The Morgan fingerprint density at radius 3 is 2.42 bits per heavy atom. The number of carbonyl (C=O) groups is 1. The van der Waals surface area contributed by atoms with Crippen LogP contribution in [0.1, 0.15) is 20.3 Å². The molecule has 0 aromatic carbocycles. The highest BCUT2D eigenvalue weighted by molar-refractivity contribution is 5.76. The summed E-state index contributed by atoms with van der Waals surface area (Å²) in [5, 5.41) is 5.78. The lowest BCUT2D eigenvalue weighted by Crippen LogP contribution is -2.40. The van der Waals surface area contributed by atoms with Crippen LogP contribution in [0.25, 0.3) is 0 Å². The summed E-state index contributed by atoms with van der Waals surface area (Å²) in [5.74, 6) is 0.0507. The van der Waals surface area contributed by atoms with Gasteiger partial charge in [-0.3, -0.25) is 4.79 Å². The van der Waals surface area contributed by atoms with Crippen molar-refractivity contribution in [2.24, 2.45) is 5.73 Å². The lowest BCUT2D eigenvalue weighted by Gasteiger charge is -2.14. The molecule has 0 radical (unpaired) electrons. The van der Waals surface area contributed by atoms with E-state index in [2.05, 4.69) is 10.6 Å². The zero-order chi connectivity index (χ0) is 9.56. The summed E-state index contributed by atoms with van der Waals surface area (Å²) in [7, 11) is 1.81. The molecule has 4 nitrogen and oxygen atoms in total. The van der Waals surface area contributed by atoms with E-state index in [1.54, 1.807) is 7.05 Å². The monoisotopic (exact) mass is 173 g/mol. The third kappa shape index (κ3) is 5.09. The van der Waals surface area contributed by atoms with Crippen LogP contribution in [0, 0.1) is 0 Å². The Kier molecular flexibility index (Phi) is 5.66. The van der Waals surface area contributed by atoms with Crippen molar-refractivity contribution < 1.29 is 4.79 Å². The first kappa shape index (κ1) is 11.4. The number of amides is 1. The molecule has 4 heteroatoms. The molecule has 0 aliphatic heterocycles. The Balaban J connectivity index is 3.66. The van der Waals surface area contributed by atoms with Crippen molar-refractivity contribution in [1.82, 2.24) is 10.6 Å². The lowest BCUT2D eigenvalue weighted by atomic mass is 10.2. The maximum Gasteiger partial charge on any atom is 0.221 e. The van der Waals surface area contributed by atoms with E-state index in [1.165, 1.54) is 0 Å². The Hall–Kier alpha value is -0.610. The minimum Gasteiger partial charge on any atom is -0.354 e. The maximum atomic E-state index is 11.2. The number of rotatable bonds is 5. The summed E-state index contributed by atoms with van der Waals surface area (Å²) in [6.45, 7) is 4.37. The molecule has 4 N–H and O–H groups in total. The van der Waals surface area contributed by atoms with Gasteiger partial charge >= 0.3 is 0 Å². The molecule has 0 fully saturated rings. The second kappa shape index (κ2) is 5.97. The highest BCUT2D eigenvalue weighted by Gasteiger charge is 2.10. The molecule has 12 heavy (non-hydrogen) atoms. The van der Waals surface area contributed by atoms with Gasteiger partial charge in [-0.15, -0.1) is 0 Å². The zero-order valence-corrected chi connectivity index (χ0v) is 8.05. The van der Waals surface area contributed by atoms with Crippen molar-refractivity contribution in [3.8, 4) is 0 Å². The highest BCUT2D eigenvalue weighted by atomic mass is 16.1. The molecule has 1 unspecified atom stereocenters. The molecule has 1 amide bonds. The smallest absolute Gasteiger partial charge is 0.221 e. The predicted octanol–water partition coefficient (Wildman–Crippen LogP) is -0.552. The van der Waals surface area contributed by atoms with Crippen LogP contribution in [0.3, 0.4) is 0 Å². The number of nitrogens with one attached hydrogen (secondary N) is 2. The van der Waals surface area contributed by atoms with Crippen LogP contribution in [-0.2, 0) is 4.79 Å². The molecule has 0 saturated heterocycles. The van der Waals surface area contributed by atoms with Crippen molar-refractivity contribution in [2.75, 3.05) is 13.6 Å². The van der Waals surface area contributed by atoms with Crippen LogP contribution in [0.4, 0.5) is 0 Å². The van der Waals surface area contributed by atoms with Gasteiger partial charge in [0.25, 0.3) is 0 Å². The number of nitrogens with two attached hydrogens (primary N) is 1. The summed E-state index contributed by atoms with van der Waals surface area (Å²) >= 11 is 0. The van der Waals surface area contributed by atoms with E-state index < -0.39 is 0 Å². The third-order valence-corrected chi connectivity index (χ3v) is 1.57. The molecule has 0 heterocycles. The fourth-order valence-electron chi connectivity index (χ4n) is 0.908. The average Bonchev–Trinajstić information content (AvgIpc) is 1.98.